The Morgan fingerprint density at radius 3 is 2.25 bits per heavy atom. The standard InChI is InChI=1S/C16H20ClNOS/c1-16(2,3)11-4-6-12(7-5-11)19-13(10-18)14-8-9-15(17)20-14/h4-9,13H,10,18H2,1-3H3. The Labute approximate surface area is 129 Å². The third-order valence-electron chi connectivity index (χ3n) is 3.12. The van der Waals surface area contributed by atoms with Crippen molar-refractivity contribution in [3.8, 4) is 5.75 Å². The summed E-state index contributed by atoms with van der Waals surface area (Å²) in [5.74, 6) is 0.831. The number of nitrogens with two attached hydrogens (primary N) is 1. The predicted octanol–water partition coefficient (Wildman–Crippen LogP) is 4.78. The van der Waals surface area contributed by atoms with Gasteiger partial charge in [-0.2, -0.15) is 0 Å². The zero-order valence-electron chi connectivity index (χ0n) is 12.0. The van der Waals surface area contributed by atoms with Gasteiger partial charge in [0.15, 0.2) is 0 Å². The maximum absolute atomic E-state index is 5.96. The SMILES string of the molecule is CC(C)(C)c1ccc(OC(CN)c2ccc(Cl)s2)cc1. The number of benzene rings is 1. The van der Waals surface area contributed by atoms with E-state index in [-0.39, 0.29) is 11.5 Å². The molecule has 4 heteroatoms. The predicted molar refractivity (Wildman–Crippen MR) is 86.9 cm³/mol. The Balaban J connectivity index is 2.12. The second kappa shape index (κ2) is 6.17. The first-order chi connectivity index (χ1) is 9.40. The Hall–Kier alpha value is -1.03. The molecule has 0 aliphatic heterocycles. The Morgan fingerprint density at radius 2 is 1.80 bits per heavy atom. The third-order valence-corrected chi connectivity index (χ3v) is 4.45. The lowest BCUT2D eigenvalue weighted by molar-refractivity contribution is 0.218. The number of halogens is 1. The molecule has 2 nitrogen and oxygen atoms in total. The molecular formula is C16H20ClNOS. The first-order valence-electron chi connectivity index (χ1n) is 6.62. The Bertz CT molecular complexity index is 557. The highest BCUT2D eigenvalue weighted by molar-refractivity contribution is 7.16. The number of ether oxygens (including phenoxy) is 1. The zero-order valence-corrected chi connectivity index (χ0v) is 13.6. The average Bonchev–Trinajstić information content (AvgIpc) is 2.82. The van der Waals surface area contributed by atoms with Gasteiger partial charge in [-0.1, -0.05) is 44.5 Å². The largest absolute Gasteiger partial charge is 0.484 e. The van der Waals surface area contributed by atoms with E-state index in [4.69, 9.17) is 22.1 Å². The van der Waals surface area contributed by atoms with Crippen LogP contribution in [0.25, 0.3) is 0 Å². The van der Waals surface area contributed by atoms with Gasteiger partial charge in [-0.25, -0.2) is 0 Å². The molecule has 2 aromatic rings. The summed E-state index contributed by atoms with van der Waals surface area (Å²) in [6, 6.07) is 12.0. The third kappa shape index (κ3) is 3.75. The van der Waals surface area contributed by atoms with Gasteiger partial charge in [-0.3, -0.25) is 0 Å². The average molecular weight is 310 g/mol. The smallest absolute Gasteiger partial charge is 0.145 e. The van der Waals surface area contributed by atoms with Crippen LogP contribution in [0.2, 0.25) is 4.34 Å². The van der Waals surface area contributed by atoms with Gasteiger partial charge >= 0.3 is 0 Å². The number of hydrogen-bond donors (Lipinski definition) is 1. The van der Waals surface area contributed by atoms with Gasteiger partial charge in [0.1, 0.15) is 11.9 Å². The van der Waals surface area contributed by atoms with Crippen molar-refractivity contribution in [1.29, 1.82) is 0 Å². The van der Waals surface area contributed by atoms with E-state index in [1.165, 1.54) is 16.9 Å². The molecule has 1 aromatic heterocycles. The second-order valence-electron chi connectivity index (χ2n) is 5.76. The van der Waals surface area contributed by atoms with Crippen molar-refractivity contribution in [2.45, 2.75) is 32.3 Å². The van der Waals surface area contributed by atoms with Crippen molar-refractivity contribution in [2.24, 2.45) is 5.73 Å². The highest BCUT2D eigenvalue weighted by atomic mass is 35.5. The van der Waals surface area contributed by atoms with Crippen LogP contribution in [0.1, 0.15) is 37.3 Å². The summed E-state index contributed by atoms with van der Waals surface area (Å²) in [6.07, 6.45) is -0.145. The van der Waals surface area contributed by atoms with Crippen molar-refractivity contribution < 1.29 is 4.74 Å². The van der Waals surface area contributed by atoms with Gasteiger partial charge in [0.2, 0.25) is 0 Å². The molecule has 20 heavy (non-hydrogen) atoms. The summed E-state index contributed by atoms with van der Waals surface area (Å²) >= 11 is 7.47. The van der Waals surface area contributed by atoms with Crippen LogP contribution in [0.3, 0.4) is 0 Å². The summed E-state index contributed by atoms with van der Waals surface area (Å²) in [6.45, 7) is 7.01. The van der Waals surface area contributed by atoms with Crippen LogP contribution in [0.15, 0.2) is 36.4 Å². The van der Waals surface area contributed by atoms with Crippen molar-refractivity contribution in [3.63, 3.8) is 0 Å². The Kier molecular flexibility index (Phi) is 4.74. The van der Waals surface area contributed by atoms with Crippen molar-refractivity contribution in [3.05, 3.63) is 51.2 Å². The lowest BCUT2D eigenvalue weighted by Crippen LogP contribution is -2.17. The highest BCUT2D eigenvalue weighted by Gasteiger charge is 2.16. The van der Waals surface area contributed by atoms with E-state index in [0.29, 0.717) is 6.54 Å². The molecule has 0 bridgehead atoms. The van der Waals surface area contributed by atoms with E-state index in [1.54, 1.807) is 0 Å². The van der Waals surface area contributed by atoms with Crippen LogP contribution in [0.5, 0.6) is 5.75 Å². The molecule has 1 atom stereocenters. The van der Waals surface area contributed by atoms with Gasteiger partial charge in [0.25, 0.3) is 0 Å². The lowest BCUT2D eigenvalue weighted by Gasteiger charge is -2.20. The molecule has 0 spiro atoms. The molecule has 1 heterocycles. The summed E-state index contributed by atoms with van der Waals surface area (Å²) in [4.78, 5) is 1.05. The normalized spacial score (nSPS) is 13.2. The maximum atomic E-state index is 5.96. The van der Waals surface area contributed by atoms with Crippen LogP contribution in [-0.2, 0) is 5.41 Å². The fourth-order valence-electron chi connectivity index (χ4n) is 1.92. The minimum absolute atomic E-state index is 0.145. The van der Waals surface area contributed by atoms with Crippen molar-refractivity contribution >= 4 is 22.9 Å². The molecule has 0 fully saturated rings. The topological polar surface area (TPSA) is 35.2 Å². The second-order valence-corrected chi connectivity index (χ2v) is 7.51. The number of hydrogen-bond acceptors (Lipinski definition) is 3. The molecule has 2 rings (SSSR count). The number of rotatable bonds is 4. The van der Waals surface area contributed by atoms with E-state index in [1.807, 2.05) is 24.3 Å². The highest BCUT2D eigenvalue weighted by Crippen LogP contribution is 2.31. The van der Waals surface area contributed by atoms with Crippen molar-refractivity contribution in [2.75, 3.05) is 6.54 Å². The fraction of sp³-hybridized carbons (Fsp3) is 0.375. The summed E-state index contributed by atoms with van der Waals surface area (Å²) in [7, 11) is 0. The molecule has 0 aliphatic carbocycles. The molecule has 2 N–H and O–H groups in total. The minimum Gasteiger partial charge on any atom is -0.484 e. The maximum Gasteiger partial charge on any atom is 0.145 e. The molecule has 0 radical (unpaired) electrons. The first-order valence-corrected chi connectivity index (χ1v) is 7.82. The van der Waals surface area contributed by atoms with Crippen LogP contribution in [0.4, 0.5) is 0 Å². The molecule has 0 saturated carbocycles. The quantitative estimate of drug-likeness (QED) is 0.882. The first kappa shape index (κ1) is 15.4. The number of thiophene rings is 1. The summed E-state index contributed by atoms with van der Waals surface area (Å²) in [5, 5.41) is 0. The lowest BCUT2D eigenvalue weighted by atomic mass is 9.87. The van der Waals surface area contributed by atoms with E-state index in [2.05, 4.69) is 32.9 Å². The molecule has 1 unspecified atom stereocenters. The minimum atomic E-state index is -0.145. The van der Waals surface area contributed by atoms with Gasteiger partial charge in [-0.05, 0) is 35.2 Å². The molecule has 0 saturated heterocycles. The molecule has 108 valence electrons. The van der Waals surface area contributed by atoms with Crippen molar-refractivity contribution in [1.82, 2.24) is 0 Å². The van der Waals surface area contributed by atoms with Gasteiger partial charge in [0.05, 0.1) is 4.34 Å². The van der Waals surface area contributed by atoms with Crippen LogP contribution in [0, 0.1) is 0 Å². The van der Waals surface area contributed by atoms with Gasteiger partial charge in [0, 0.05) is 11.4 Å². The monoisotopic (exact) mass is 309 g/mol. The van der Waals surface area contributed by atoms with E-state index in [9.17, 15) is 0 Å². The molecule has 1 aromatic carbocycles. The van der Waals surface area contributed by atoms with E-state index >= 15 is 0 Å². The van der Waals surface area contributed by atoms with Crippen LogP contribution >= 0.6 is 22.9 Å². The molecule has 0 amide bonds. The zero-order chi connectivity index (χ0) is 14.8. The van der Waals surface area contributed by atoms with E-state index in [0.717, 1.165) is 15.0 Å². The van der Waals surface area contributed by atoms with Crippen LogP contribution < -0.4 is 10.5 Å². The van der Waals surface area contributed by atoms with E-state index < -0.39 is 0 Å². The van der Waals surface area contributed by atoms with Gasteiger partial charge < -0.3 is 10.5 Å². The molecular weight excluding hydrogens is 290 g/mol. The Morgan fingerprint density at radius 1 is 1.15 bits per heavy atom. The van der Waals surface area contributed by atoms with Crippen LogP contribution in [-0.4, -0.2) is 6.54 Å². The summed E-state index contributed by atoms with van der Waals surface area (Å²) in [5.41, 5.74) is 7.23. The van der Waals surface area contributed by atoms with Gasteiger partial charge in [-0.15, -0.1) is 11.3 Å². The molecule has 0 aliphatic rings. The fourth-order valence-corrected chi connectivity index (χ4v) is 3.02. The summed E-state index contributed by atoms with van der Waals surface area (Å²) < 4.78 is 6.71.